The van der Waals surface area contributed by atoms with Crippen molar-refractivity contribution in [3.63, 3.8) is 0 Å². The molecule has 2 aromatic rings. The van der Waals surface area contributed by atoms with Gasteiger partial charge in [-0.2, -0.15) is 4.98 Å². The molecule has 2 aromatic heterocycles. The van der Waals surface area contributed by atoms with Gasteiger partial charge in [0.15, 0.2) is 0 Å². The molecule has 1 aliphatic carbocycles. The molecule has 0 bridgehead atoms. The lowest BCUT2D eigenvalue weighted by Crippen LogP contribution is -2.43. The Labute approximate surface area is 210 Å². The lowest BCUT2D eigenvalue weighted by atomic mass is 9.93. The maximum atomic E-state index is 9.92. The summed E-state index contributed by atoms with van der Waals surface area (Å²) in [6.45, 7) is 12.0. The van der Waals surface area contributed by atoms with Crippen molar-refractivity contribution in [2.75, 3.05) is 43.9 Å². The van der Waals surface area contributed by atoms with E-state index in [0.717, 1.165) is 81.9 Å². The van der Waals surface area contributed by atoms with Crippen LogP contribution in [0, 0.1) is 5.92 Å². The number of aromatic nitrogens is 3. The lowest BCUT2D eigenvalue weighted by molar-refractivity contribution is 0.126. The number of piperazine rings is 1. The van der Waals surface area contributed by atoms with E-state index in [9.17, 15) is 5.11 Å². The van der Waals surface area contributed by atoms with Gasteiger partial charge in [-0.1, -0.05) is 26.3 Å². The van der Waals surface area contributed by atoms with Crippen molar-refractivity contribution in [2.24, 2.45) is 5.92 Å². The number of aliphatic hydroxyl groups is 1. The smallest absolute Gasteiger partial charge is 0.224 e. The maximum absolute atomic E-state index is 9.92. The molecular weight excluding hydrogens is 438 g/mol. The summed E-state index contributed by atoms with van der Waals surface area (Å²) in [5, 5.41) is 17.1. The van der Waals surface area contributed by atoms with Crippen LogP contribution < -0.4 is 10.6 Å². The Balaban J connectivity index is 1.51. The molecule has 2 aliphatic rings. The van der Waals surface area contributed by atoms with Crippen LogP contribution >= 0.6 is 0 Å². The Kier molecular flexibility index (Phi) is 8.92. The van der Waals surface area contributed by atoms with Crippen LogP contribution in [0.1, 0.15) is 58.4 Å². The number of nitrogens with zero attached hydrogens (tertiary/aromatic N) is 5. The van der Waals surface area contributed by atoms with Crippen LogP contribution in [0.3, 0.4) is 0 Å². The van der Waals surface area contributed by atoms with Crippen LogP contribution in [-0.4, -0.2) is 81.3 Å². The first-order valence-electron chi connectivity index (χ1n) is 13.4. The molecule has 2 unspecified atom stereocenters. The molecule has 2 atom stereocenters. The molecule has 1 saturated heterocycles. The topological polar surface area (TPSA) is 89.4 Å². The van der Waals surface area contributed by atoms with Crippen molar-refractivity contribution in [1.82, 2.24) is 24.8 Å². The van der Waals surface area contributed by atoms with E-state index in [4.69, 9.17) is 9.97 Å². The predicted molar refractivity (Wildman–Crippen MR) is 142 cm³/mol. The van der Waals surface area contributed by atoms with Crippen molar-refractivity contribution in [1.29, 1.82) is 0 Å². The lowest BCUT2D eigenvalue weighted by Gasteiger charge is -2.32. The van der Waals surface area contributed by atoms with E-state index >= 15 is 0 Å². The zero-order chi connectivity index (χ0) is 24.8. The van der Waals surface area contributed by atoms with Gasteiger partial charge in [-0.3, -0.25) is 9.88 Å². The number of hydrogen-bond donors (Lipinski definition) is 3. The highest BCUT2D eigenvalue weighted by Gasteiger charge is 2.22. The summed E-state index contributed by atoms with van der Waals surface area (Å²) in [5.74, 6) is 2.00. The average molecular weight is 482 g/mol. The number of hydrogen-bond acceptors (Lipinski definition) is 8. The third-order valence-electron chi connectivity index (χ3n) is 7.78. The molecule has 192 valence electrons. The van der Waals surface area contributed by atoms with Gasteiger partial charge in [-0.25, -0.2) is 4.98 Å². The van der Waals surface area contributed by atoms with Crippen LogP contribution in [0.2, 0.25) is 0 Å². The number of anilines is 2. The summed E-state index contributed by atoms with van der Waals surface area (Å²) in [7, 11) is 2.18. The van der Waals surface area contributed by atoms with Crippen molar-refractivity contribution >= 4 is 11.8 Å². The summed E-state index contributed by atoms with van der Waals surface area (Å²) in [6, 6.07) is 4.85. The SMILES string of the molecule is CCC(C)C(C)Nc1ncc(-c2ccc(CN3CCN(C)CC3)cn2)c(N[C@H]2CC[C@H](O)CC2)n1. The molecule has 1 saturated carbocycles. The molecule has 8 nitrogen and oxygen atoms in total. The van der Waals surface area contributed by atoms with Gasteiger partial charge in [-0.05, 0) is 57.2 Å². The highest BCUT2D eigenvalue weighted by atomic mass is 16.3. The molecule has 2 fully saturated rings. The highest BCUT2D eigenvalue weighted by Crippen LogP contribution is 2.29. The summed E-state index contributed by atoms with van der Waals surface area (Å²) in [5.41, 5.74) is 3.03. The molecule has 35 heavy (non-hydrogen) atoms. The fourth-order valence-electron chi connectivity index (χ4n) is 4.80. The average Bonchev–Trinajstić information content (AvgIpc) is 2.87. The van der Waals surface area contributed by atoms with E-state index in [2.05, 4.69) is 65.4 Å². The molecule has 8 heteroatoms. The minimum Gasteiger partial charge on any atom is -0.393 e. The first-order valence-corrected chi connectivity index (χ1v) is 13.4. The zero-order valence-corrected chi connectivity index (χ0v) is 21.9. The summed E-state index contributed by atoms with van der Waals surface area (Å²) in [4.78, 5) is 19.2. The molecule has 0 amide bonds. The van der Waals surface area contributed by atoms with Crippen LogP contribution in [-0.2, 0) is 6.54 Å². The van der Waals surface area contributed by atoms with Crippen molar-refractivity contribution < 1.29 is 5.11 Å². The largest absolute Gasteiger partial charge is 0.393 e. The second-order valence-corrected chi connectivity index (χ2v) is 10.6. The Hall–Kier alpha value is -2.29. The Morgan fingerprint density at radius 3 is 2.43 bits per heavy atom. The molecule has 0 radical (unpaired) electrons. The van der Waals surface area contributed by atoms with E-state index in [0.29, 0.717) is 17.9 Å². The minimum absolute atomic E-state index is 0.180. The number of likely N-dealkylation sites (N-methyl/N-ethyl adjacent to an activating group) is 1. The Morgan fingerprint density at radius 2 is 1.77 bits per heavy atom. The van der Waals surface area contributed by atoms with E-state index in [1.165, 1.54) is 5.56 Å². The third kappa shape index (κ3) is 7.12. The van der Waals surface area contributed by atoms with Crippen LogP contribution in [0.15, 0.2) is 24.5 Å². The normalized spacial score (nSPS) is 23.6. The van der Waals surface area contributed by atoms with Gasteiger partial charge in [0.25, 0.3) is 0 Å². The van der Waals surface area contributed by atoms with Crippen molar-refractivity contribution in [3.05, 3.63) is 30.1 Å². The van der Waals surface area contributed by atoms with E-state index in [-0.39, 0.29) is 12.1 Å². The second-order valence-electron chi connectivity index (χ2n) is 10.6. The predicted octanol–water partition coefficient (Wildman–Crippen LogP) is 3.85. The molecule has 3 heterocycles. The van der Waals surface area contributed by atoms with Crippen LogP contribution in [0.5, 0.6) is 0 Å². The van der Waals surface area contributed by atoms with Gasteiger partial charge >= 0.3 is 0 Å². The van der Waals surface area contributed by atoms with Gasteiger partial charge in [0, 0.05) is 57.2 Å². The summed E-state index contributed by atoms with van der Waals surface area (Å²) < 4.78 is 0. The fourth-order valence-corrected chi connectivity index (χ4v) is 4.80. The second kappa shape index (κ2) is 12.1. The molecule has 3 N–H and O–H groups in total. The standard InChI is InChI=1S/C27H43N7O/c1-5-19(2)20(3)30-27-29-17-24(26(32-27)31-22-7-9-23(35)10-8-22)25-11-6-21(16-28-25)18-34-14-12-33(4)13-15-34/h6,11,16-17,19-20,22-23,35H,5,7-10,12-15,18H2,1-4H3,(H2,29,30,31,32)/t19?,20?,22-,23-. The van der Waals surface area contributed by atoms with Crippen LogP contribution in [0.4, 0.5) is 11.8 Å². The van der Waals surface area contributed by atoms with E-state index in [1.807, 2.05) is 12.4 Å². The van der Waals surface area contributed by atoms with Gasteiger partial charge in [-0.15, -0.1) is 0 Å². The summed E-state index contributed by atoms with van der Waals surface area (Å²) >= 11 is 0. The number of nitrogens with one attached hydrogen (secondary N) is 2. The maximum Gasteiger partial charge on any atom is 0.224 e. The first-order chi connectivity index (χ1) is 16.9. The molecule has 0 spiro atoms. The Bertz CT molecular complexity index is 922. The zero-order valence-electron chi connectivity index (χ0n) is 21.9. The van der Waals surface area contributed by atoms with Gasteiger partial charge in [0.05, 0.1) is 17.4 Å². The highest BCUT2D eigenvalue weighted by molar-refractivity contribution is 5.73. The quantitative estimate of drug-likeness (QED) is 0.498. The van der Waals surface area contributed by atoms with E-state index < -0.39 is 0 Å². The minimum atomic E-state index is -0.180. The molecule has 1 aliphatic heterocycles. The third-order valence-corrected chi connectivity index (χ3v) is 7.78. The van der Waals surface area contributed by atoms with Gasteiger partial charge in [0.2, 0.25) is 5.95 Å². The molecular formula is C27H43N7O. The monoisotopic (exact) mass is 481 g/mol. The fraction of sp³-hybridized carbons (Fsp3) is 0.667. The van der Waals surface area contributed by atoms with Crippen LogP contribution in [0.25, 0.3) is 11.3 Å². The van der Waals surface area contributed by atoms with Crippen molar-refractivity contribution in [2.45, 2.75) is 77.6 Å². The van der Waals surface area contributed by atoms with Gasteiger partial charge < -0.3 is 20.6 Å². The van der Waals surface area contributed by atoms with Crippen molar-refractivity contribution in [3.8, 4) is 11.3 Å². The number of rotatable bonds is 9. The van der Waals surface area contributed by atoms with E-state index in [1.54, 1.807) is 0 Å². The Morgan fingerprint density at radius 1 is 1.03 bits per heavy atom. The summed E-state index contributed by atoms with van der Waals surface area (Å²) in [6.07, 6.45) is 8.34. The number of pyridine rings is 1. The number of aliphatic hydroxyl groups excluding tert-OH is 1. The molecule has 4 rings (SSSR count). The molecule has 0 aromatic carbocycles. The van der Waals surface area contributed by atoms with Gasteiger partial charge in [0.1, 0.15) is 5.82 Å². The first kappa shape index (κ1) is 25.8.